The average molecular weight is 502 g/mol. The first-order valence-electron chi connectivity index (χ1n) is 11.7. The first-order chi connectivity index (χ1) is 16.7. The maximum absolute atomic E-state index is 13.2. The van der Waals surface area contributed by atoms with Crippen molar-refractivity contribution in [2.24, 2.45) is 5.92 Å². The Kier molecular flexibility index (Phi) is 9.05. The molecule has 2 aromatic rings. The molecule has 0 saturated carbocycles. The summed E-state index contributed by atoms with van der Waals surface area (Å²) in [4.78, 5) is 47.3. The number of ketones is 1. The van der Waals surface area contributed by atoms with Crippen LogP contribution >= 0.6 is 0 Å². The van der Waals surface area contributed by atoms with Crippen molar-refractivity contribution in [1.29, 1.82) is 0 Å². The number of aromatic nitrogens is 2. The van der Waals surface area contributed by atoms with Crippen molar-refractivity contribution in [2.75, 3.05) is 6.54 Å². The van der Waals surface area contributed by atoms with Gasteiger partial charge < -0.3 is 10.6 Å². The van der Waals surface area contributed by atoms with Gasteiger partial charge in [0, 0.05) is 24.9 Å². The molecule has 10 nitrogen and oxygen atoms in total. The van der Waals surface area contributed by atoms with E-state index in [1.54, 1.807) is 30.5 Å². The fourth-order valence-electron chi connectivity index (χ4n) is 3.76. The van der Waals surface area contributed by atoms with Crippen LogP contribution in [-0.2, 0) is 37.2 Å². The molecular weight excluding hydrogens is 470 g/mol. The number of carbonyl (C=O) groups excluding carboxylic acids is 3. The standard InChI is InChI=1S/C24H31N5O5S/c1-16(2)14-20(29-35(33,34)18-9-4-3-5-10-18)23(31)28-19-15-21-25-13-11-17(27-21)8-6-7-12-26-24(32)22(19)30/h3-5,9-11,13,16,19-20,29H,6-8,12,14-15H2,1-2H3,(H,26,32)(H,28,31). The molecule has 1 aromatic heterocycles. The number of hydrogen-bond acceptors (Lipinski definition) is 7. The van der Waals surface area contributed by atoms with E-state index in [-0.39, 0.29) is 23.7 Å². The van der Waals surface area contributed by atoms with E-state index < -0.39 is 39.7 Å². The van der Waals surface area contributed by atoms with E-state index in [1.807, 2.05) is 13.8 Å². The summed E-state index contributed by atoms with van der Waals surface area (Å²) in [6.07, 6.45) is 3.86. The summed E-state index contributed by atoms with van der Waals surface area (Å²) in [7, 11) is -3.99. The lowest BCUT2D eigenvalue weighted by atomic mass is 10.0. The molecule has 3 N–H and O–H groups in total. The highest BCUT2D eigenvalue weighted by molar-refractivity contribution is 7.89. The average Bonchev–Trinajstić information content (AvgIpc) is 2.82. The van der Waals surface area contributed by atoms with Crippen LogP contribution in [0.3, 0.4) is 0 Å². The van der Waals surface area contributed by atoms with Gasteiger partial charge in [0.2, 0.25) is 21.7 Å². The summed E-state index contributed by atoms with van der Waals surface area (Å²) in [6, 6.07) is 7.12. The molecule has 0 aliphatic carbocycles. The molecule has 35 heavy (non-hydrogen) atoms. The van der Waals surface area contributed by atoms with Gasteiger partial charge in [-0.05, 0) is 49.8 Å². The second-order valence-electron chi connectivity index (χ2n) is 8.92. The minimum atomic E-state index is -3.99. The Balaban J connectivity index is 1.85. The van der Waals surface area contributed by atoms with Crippen molar-refractivity contribution < 1.29 is 22.8 Å². The monoisotopic (exact) mass is 501 g/mol. The number of aryl methyl sites for hydroxylation is 1. The number of rotatable bonds is 7. The van der Waals surface area contributed by atoms with E-state index in [0.717, 1.165) is 12.1 Å². The van der Waals surface area contributed by atoms with Crippen molar-refractivity contribution in [3.8, 4) is 0 Å². The van der Waals surface area contributed by atoms with E-state index in [1.165, 1.54) is 12.1 Å². The molecular formula is C24H31N5O5S. The minimum absolute atomic E-state index is 0.0215. The molecule has 3 rings (SSSR count). The number of fused-ring (bicyclic) bond motifs is 2. The highest BCUT2D eigenvalue weighted by atomic mass is 32.2. The largest absolute Gasteiger partial charge is 0.349 e. The zero-order valence-electron chi connectivity index (χ0n) is 19.9. The molecule has 1 aliphatic rings. The lowest BCUT2D eigenvalue weighted by molar-refractivity contribution is -0.140. The summed E-state index contributed by atoms with van der Waals surface area (Å²) in [5.41, 5.74) is 0.813. The normalized spacial score (nSPS) is 18.2. The zero-order chi connectivity index (χ0) is 25.4. The van der Waals surface area contributed by atoms with E-state index >= 15 is 0 Å². The van der Waals surface area contributed by atoms with Crippen molar-refractivity contribution in [3.05, 3.63) is 54.1 Å². The van der Waals surface area contributed by atoms with Gasteiger partial charge in [-0.2, -0.15) is 4.72 Å². The van der Waals surface area contributed by atoms with Crippen LogP contribution in [0.2, 0.25) is 0 Å². The van der Waals surface area contributed by atoms with E-state index in [2.05, 4.69) is 25.3 Å². The lowest BCUT2D eigenvalue weighted by Crippen LogP contribution is -2.55. The summed E-state index contributed by atoms with van der Waals surface area (Å²) in [6.45, 7) is 4.03. The van der Waals surface area contributed by atoms with Crippen LogP contribution in [0, 0.1) is 5.92 Å². The minimum Gasteiger partial charge on any atom is -0.349 e. The quantitative estimate of drug-likeness (QED) is 0.478. The Hall–Kier alpha value is -3.18. The SMILES string of the molecule is CC(C)CC(NS(=O)(=O)c1ccccc1)C(=O)NC1Cc2nccc(n2)CCCCNC(=O)C1=O. The highest BCUT2D eigenvalue weighted by Crippen LogP contribution is 2.13. The van der Waals surface area contributed by atoms with Gasteiger partial charge in [0.15, 0.2) is 0 Å². The van der Waals surface area contributed by atoms with Gasteiger partial charge in [-0.15, -0.1) is 0 Å². The third-order valence-electron chi connectivity index (χ3n) is 5.53. The molecule has 11 heteroatoms. The smallest absolute Gasteiger partial charge is 0.289 e. The van der Waals surface area contributed by atoms with Crippen LogP contribution < -0.4 is 15.4 Å². The fourth-order valence-corrected chi connectivity index (χ4v) is 4.99. The number of nitrogens with zero attached hydrogens (tertiary/aromatic N) is 2. The Morgan fingerprint density at radius 3 is 2.60 bits per heavy atom. The number of carbonyl (C=O) groups is 3. The van der Waals surface area contributed by atoms with E-state index in [0.29, 0.717) is 25.2 Å². The van der Waals surface area contributed by atoms with Crippen molar-refractivity contribution in [2.45, 2.75) is 62.9 Å². The molecule has 0 fully saturated rings. The topological polar surface area (TPSA) is 147 Å². The Labute approximate surface area is 205 Å². The zero-order valence-corrected chi connectivity index (χ0v) is 20.7. The van der Waals surface area contributed by atoms with Gasteiger partial charge in [0.05, 0.1) is 4.90 Å². The van der Waals surface area contributed by atoms with Gasteiger partial charge in [0.1, 0.15) is 17.9 Å². The lowest BCUT2D eigenvalue weighted by Gasteiger charge is -2.23. The number of hydrogen-bond donors (Lipinski definition) is 3. The summed E-state index contributed by atoms with van der Waals surface area (Å²) in [5.74, 6) is -2.05. The van der Waals surface area contributed by atoms with Crippen molar-refractivity contribution >= 4 is 27.6 Å². The number of sulfonamides is 1. The predicted octanol–water partition coefficient (Wildman–Crippen LogP) is 0.919. The molecule has 1 aliphatic heterocycles. The summed E-state index contributed by atoms with van der Waals surface area (Å²) < 4.78 is 28.2. The molecule has 2 bridgehead atoms. The summed E-state index contributed by atoms with van der Waals surface area (Å²) in [5, 5.41) is 5.17. The fraction of sp³-hybridized carbons (Fsp3) is 0.458. The first kappa shape index (κ1) is 26.4. The first-order valence-corrected chi connectivity index (χ1v) is 13.1. The molecule has 0 saturated heterocycles. The van der Waals surface area contributed by atoms with Gasteiger partial charge in [0.25, 0.3) is 5.91 Å². The van der Waals surface area contributed by atoms with Crippen LogP contribution in [-0.4, -0.2) is 54.6 Å². The maximum Gasteiger partial charge on any atom is 0.289 e. The molecule has 2 unspecified atom stereocenters. The number of benzene rings is 1. The van der Waals surface area contributed by atoms with Crippen LogP contribution in [0.25, 0.3) is 0 Å². The molecule has 2 amide bonds. The second kappa shape index (κ2) is 12.0. The predicted molar refractivity (Wildman–Crippen MR) is 129 cm³/mol. The van der Waals surface area contributed by atoms with Crippen molar-refractivity contribution in [3.63, 3.8) is 0 Å². The molecule has 0 radical (unpaired) electrons. The molecule has 1 aromatic carbocycles. The van der Waals surface area contributed by atoms with Gasteiger partial charge in [-0.25, -0.2) is 18.4 Å². The van der Waals surface area contributed by atoms with Crippen LogP contribution in [0.15, 0.2) is 47.5 Å². The number of amides is 2. The third kappa shape index (κ3) is 7.66. The third-order valence-corrected chi connectivity index (χ3v) is 7.01. The number of Topliss-reactive ketones (excluding diaryl/α,β-unsaturated/α-hetero) is 1. The van der Waals surface area contributed by atoms with Crippen LogP contribution in [0.1, 0.15) is 44.6 Å². The maximum atomic E-state index is 13.2. The summed E-state index contributed by atoms with van der Waals surface area (Å²) >= 11 is 0. The second-order valence-corrected chi connectivity index (χ2v) is 10.6. The van der Waals surface area contributed by atoms with Crippen molar-refractivity contribution in [1.82, 2.24) is 25.3 Å². The van der Waals surface area contributed by atoms with Crippen LogP contribution in [0.4, 0.5) is 0 Å². The number of nitrogens with one attached hydrogen (secondary N) is 3. The van der Waals surface area contributed by atoms with Gasteiger partial charge in [-0.3, -0.25) is 14.4 Å². The Morgan fingerprint density at radius 2 is 1.89 bits per heavy atom. The van der Waals surface area contributed by atoms with Gasteiger partial charge in [-0.1, -0.05) is 32.0 Å². The Morgan fingerprint density at radius 1 is 1.14 bits per heavy atom. The molecule has 188 valence electrons. The van der Waals surface area contributed by atoms with E-state index in [4.69, 9.17) is 0 Å². The highest BCUT2D eigenvalue weighted by Gasteiger charge is 2.33. The van der Waals surface area contributed by atoms with E-state index in [9.17, 15) is 22.8 Å². The molecule has 2 atom stereocenters. The van der Waals surface area contributed by atoms with Crippen LogP contribution in [0.5, 0.6) is 0 Å². The Bertz CT molecular complexity index is 1150. The van der Waals surface area contributed by atoms with Gasteiger partial charge >= 0.3 is 0 Å². The molecule has 0 spiro atoms. The molecule has 2 heterocycles.